The molecule has 5 unspecified atom stereocenters. The van der Waals surface area contributed by atoms with Crippen LogP contribution in [0.4, 0.5) is 0 Å². The Morgan fingerprint density at radius 1 is 0.466 bits per heavy atom. The van der Waals surface area contributed by atoms with E-state index in [9.17, 15) is 43.8 Å². The van der Waals surface area contributed by atoms with E-state index < -0.39 is 85.5 Å². The molecule has 5 N–H and O–H groups in total. The number of esters is 2. The zero-order valence-corrected chi connectivity index (χ0v) is 36.7. The summed E-state index contributed by atoms with van der Waals surface area (Å²) in [5, 5.41) is 29.9. The molecule has 0 aliphatic rings. The Morgan fingerprint density at radius 3 is 1.24 bits per heavy atom. The topological polar surface area (TPSA) is 225 Å². The van der Waals surface area contributed by atoms with Crippen LogP contribution in [-0.4, -0.2) is 95.0 Å². The van der Waals surface area contributed by atoms with Crippen LogP contribution in [0.2, 0.25) is 0 Å². The first-order chi connectivity index (χ1) is 27.8. The van der Waals surface area contributed by atoms with Crippen LogP contribution >= 0.6 is 15.6 Å². The monoisotopic (exact) mass is 868 g/mol. The minimum Gasteiger partial charge on any atom is -0.463 e. The number of ether oxygens (including phenoxy) is 2. The standard InChI is InChI=1S/C41H74O15P2/c1-3-5-7-9-11-13-15-17-19-21-23-25-27-29-40(45)51-31-37(42)33-53-57(47,48)55-35-39(44)36-56-58(49,50)54-34-38(43)32-52-41(46)30-28-26-24-22-20-18-16-14-12-10-8-6-4-2/h5,7,9,11,13,15,18,20,37-39,42-44H,3-4,6,8,10,12,14,16-17,19,21-36H2,1-2H3,(H,47,48)(H,49,50)/b7-5+,11-9+,15-13-,20-18-. The highest BCUT2D eigenvalue weighted by Gasteiger charge is 2.28. The zero-order valence-electron chi connectivity index (χ0n) is 34.9. The molecule has 0 aromatic carbocycles. The van der Waals surface area contributed by atoms with Crippen molar-refractivity contribution in [2.45, 2.75) is 161 Å². The second-order valence-electron chi connectivity index (χ2n) is 14.0. The van der Waals surface area contributed by atoms with Gasteiger partial charge >= 0.3 is 27.6 Å². The number of carbonyl (C=O) groups is 2. The molecule has 5 atom stereocenters. The highest BCUT2D eigenvalue weighted by Crippen LogP contribution is 2.45. The van der Waals surface area contributed by atoms with Gasteiger partial charge in [0.2, 0.25) is 0 Å². The number of aliphatic hydroxyl groups is 3. The number of hydrogen-bond acceptors (Lipinski definition) is 13. The quantitative estimate of drug-likeness (QED) is 0.0128. The summed E-state index contributed by atoms with van der Waals surface area (Å²) in [7, 11) is -9.57. The van der Waals surface area contributed by atoms with E-state index in [1.54, 1.807) is 0 Å². The Labute approximate surface area is 347 Å². The summed E-state index contributed by atoms with van der Waals surface area (Å²) >= 11 is 0. The van der Waals surface area contributed by atoms with Crippen molar-refractivity contribution >= 4 is 27.6 Å². The molecule has 0 saturated heterocycles. The Bertz CT molecular complexity index is 1240. The second kappa shape index (κ2) is 38.0. The van der Waals surface area contributed by atoms with E-state index in [-0.39, 0.29) is 12.8 Å². The highest BCUT2D eigenvalue weighted by atomic mass is 31.2. The first-order valence-corrected chi connectivity index (χ1v) is 24.0. The van der Waals surface area contributed by atoms with Gasteiger partial charge in [0.25, 0.3) is 0 Å². The molecule has 0 aromatic heterocycles. The van der Waals surface area contributed by atoms with Crippen molar-refractivity contribution in [3.05, 3.63) is 48.6 Å². The first-order valence-electron chi connectivity index (χ1n) is 21.0. The number of phosphoric ester groups is 2. The lowest BCUT2D eigenvalue weighted by molar-refractivity contribution is -0.148. The van der Waals surface area contributed by atoms with E-state index in [1.165, 1.54) is 38.5 Å². The van der Waals surface area contributed by atoms with Crippen LogP contribution in [0.3, 0.4) is 0 Å². The fourth-order valence-electron chi connectivity index (χ4n) is 5.03. The van der Waals surface area contributed by atoms with Crippen molar-refractivity contribution in [2.75, 3.05) is 39.6 Å². The molecule has 0 aromatic rings. The Morgan fingerprint density at radius 2 is 0.810 bits per heavy atom. The second-order valence-corrected chi connectivity index (χ2v) is 16.9. The molecule has 0 fully saturated rings. The summed E-state index contributed by atoms with van der Waals surface area (Å²) in [5.41, 5.74) is 0. The van der Waals surface area contributed by atoms with Crippen molar-refractivity contribution in [2.24, 2.45) is 0 Å². The zero-order chi connectivity index (χ0) is 43.2. The number of hydrogen-bond donors (Lipinski definition) is 5. The molecule has 0 rings (SSSR count). The molecule has 0 heterocycles. The number of allylic oxidation sites excluding steroid dienone is 8. The predicted octanol–water partition coefficient (Wildman–Crippen LogP) is 8.49. The molecule has 0 saturated carbocycles. The first kappa shape index (κ1) is 56.0. The fraction of sp³-hybridized carbons (Fsp3) is 0.756. The lowest BCUT2D eigenvalue weighted by Gasteiger charge is -2.19. The normalized spacial score (nSPS) is 15.9. The van der Waals surface area contributed by atoms with Gasteiger partial charge in [0.1, 0.15) is 31.5 Å². The van der Waals surface area contributed by atoms with Crippen LogP contribution in [0.15, 0.2) is 48.6 Å². The van der Waals surface area contributed by atoms with Crippen LogP contribution in [0.5, 0.6) is 0 Å². The Kier molecular flexibility index (Phi) is 36.7. The average molecular weight is 869 g/mol. The Hall–Kier alpha value is -2.00. The molecule has 0 spiro atoms. The van der Waals surface area contributed by atoms with Crippen molar-refractivity contribution in [3.63, 3.8) is 0 Å². The van der Waals surface area contributed by atoms with Gasteiger partial charge < -0.3 is 34.6 Å². The smallest absolute Gasteiger partial charge is 0.463 e. The van der Waals surface area contributed by atoms with Gasteiger partial charge in [0.15, 0.2) is 0 Å². The molecule has 58 heavy (non-hydrogen) atoms. The van der Waals surface area contributed by atoms with Crippen LogP contribution < -0.4 is 0 Å². The van der Waals surface area contributed by atoms with Gasteiger partial charge in [0, 0.05) is 12.8 Å². The van der Waals surface area contributed by atoms with Gasteiger partial charge in [-0.2, -0.15) is 0 Å². The molecule has 17 heteroatoms. The van der Waals surface area contributed by atoms with Gasteiger partial charge in [-0.05, 0) is 57.8 Å². The van der Waals surface area contributed by atoms with Crippen molar-refractivity contribution in [1.82, 2.24) is 0 Å². The average Bonchev–Trinajstić information content (AvgIpc) is 3.19. The SMILES string of the molecule is CC/C=C/C=C/C=C\CCCCCCCC(=O)OCC(O)COP(=O)(O)OCC(O)COP(=O)(O)OCC(O)COC(=O)CCCCC/C=C\CCCCCCCC. The van der Waals surface area contributed by atoms with E-state index in [4.69, 9.17) is 9.47 Å². The molecule has 338 valence electrons. The molecule has 0 amide bonds. The van der Waals surface area contributed by atoms with Gasteiger partial charge in [-0.15, -0.1) is 0 Å². The molecule has 0 bridgehead atoms. The van der Waals surface area contributed by atoms with E-state index >= 15 is 0 Å². The number of phosphoric acid groups is 2. The summed E-state index contributed by atoms with van der Waals surface area (Å²) in [6.07, 6.45) is 31.2. The van der Waals surface area contributed by atoms with Gasteiger partial charge in [-0.25, -0.2) is 9.13 Å². The minimum absolute atomic E-state index is 0.172. The largest absolute Gasteiger partial charge is 0.472 e. The molecular formula is C41H74O15P2. The summed E-state index contributed by atoms with van der Waals surface area (Å²) in [6, 6.07) is 0. The van der Waals surface area contributed by atoms with Crippen LogP contribution in [0, 0.1) is 0 Å². The fourth-order valence-corrected chi connectivity index (χ4v) is 6.62. The molecular weight excluding hydrogens is 794 g/mol. The summed E-state index contributed by atoms with van der Waals surface area (Å²) in [4.78, 5) is 43.5. The van der Waals surface area contributed by atoms with Gasteiger partial charge in [0.05, 0.1) is 26.4 Å². The number of unbranched alkanes of at least 4 members (excludes halogenated alkanes) is 14. The summed E-state index contributed by atoms with van der Waals surface area (Å²) in [5.74, 6) is -1.03. The highest BCUT2D eigenvalue weighted by molar-refractivity contribution is 7.47. The van der Waals surface area contributed by atoms with Crippen LogP contribution in [-0.2, 0) is 46.3 Å². The molecule has 15 nitrogen and oxygen atoms in total. The maximum atomic E-state index is 12.1. The molecule has 0 aliphatic heterocycles. The third-order valence-electron chi connectivity index (χ3n) is 8.33. The molecule has 0 radical (unpaired) electrons. The Balaban J connectivity index is 3.98. The number of carbonyl (C=O) groups excluding carboxylic acids is 2. The van der Waals surface area contributed by atoms with Gasteiger partial charge in [-0.1, -0.05) is 120 Å². The number of rotatable bonds is 40. The maximum Gasteiger partial charge on any atom is 0.472 e. The minimum atomic E-state index is -4.79. The summed E-state index contributed by atoms with van der Waals surface area (Å²) in [6.45, 7) is 0.201. The van der Waals surface area contributed by atoms with Crippen LogP contribution in [0.1, 0.15) is 142 Å². The lowest BCUT2D eigenvalue weighted by atomic mass is 10.1. The summed E-state index contributed by atoms with van der Waals surface area (Å²) < 4.78 is 52.7. The van der Waals surface area contributed by atoms with E-state index in [1.807, 2.05) is 24.3 Å². The van der Waals surface area contributed by atoms with E-state index in [0.717, 1.165) is 64.2 Å². The van der Waals surface area contributed by atoms with Crippen LogP contribution in [0.25, 0.3) is 0 Å². The third kappa shape index (κ3) is 39.5. The van der Waals surface area contributed by atoms with Crippen molar-refractivity contribution in [3.8, 4) is 0 Å². The lowest BCUT2D eigenvalue weighted by Crippen LogP contribution is -2.25. The van der Waals surface area contributed by atoms with E-state index in [0.29, 0.717) is 12.8 Å². The van der Waals surface area contributed by atoms with Gasteiger partial charge in [-0.3, -0.25) is 27.7 Å². The third-order valence-corrected chi connectivity index (χ3v) is 10.2. The van der Waals surface area contributed by atoms with Crippen molar-refractivity contribution < 1.29 is 71.4 Å². The maximum absolute atomic E-state index is 12.1. The molecule has 0 aliphatic carbocycles. The number of aliphatic hydroxyl groups excluding tert-OH is 3. The van der Waals surface area contributed by atoms with E-state index in [2.05, 4.69) is 56.2 Å². The van der Waals surface area contributed by atoms with Crippen molar-refractivity contribution in [1.29, 1.82) is 0 Å². The predicted molar refractivity (Wildman–Crippen MR) is 224 cm³/mol.